The Morgan fingerprint density at radius 2 is 1.93 bits per heavy atom. The van der Waals surface area contributed by atoms with Gasteiger partial charge in [-0.15, -0.1) is 0 Å². The van der Waals surface area contributed by atoms with E-state index in [9.17, 15) is 0 Å². The third kappa shape index (κ3) is 3.52. The molecule has 0 spiro atoms. The normalized spacial score (nSPS) is 15.8. The first kappa shape index (κ1) is 17.6. The summed E-state index contributed by atoms with van der Waals surface area (Å²) >= 11 is 0. The van der Waals surface area contributed by atoms with Gasteiger partial charge in [0.2, 0.25) is 5.82 Å². The number of nitrogens with zero attached hydrogens (tertiary/aromatic N) is 4. The summed E-state index contributed by atoms with van der Waals surface area (Å²) in [5.41, 5.74) is 3.65. The zero-order chi connectivity index (χ0) is 19.6. The number of fused-ring (bicyclic) bond motifs is 1. The largest absolute Gasteiger partial charge is 0.494 e. The maximum Gasteiger partial charge on any atom is 0.278 e. The lowest BCUT2D eigenvalue weighted by Gasteiger charge is -2.24. The van der Waals surface area contributed by atoms with E-state index in [4.69, 9.17) is 14.0 Å². The van der Waals surface area contributed by atoms with Gasteiger partial charge in [0.1, 0.15) is 11.9 Å². The van der Waals surface area contributed by atoms with Crippen LogP contribution in [-0.4, -0.2) is 26.5 Å². The SMILES string of the molecule is CCOc1ccc([C@@H]2Cn3nc(-c4nc(-c5ccccc5)no4)cc3CO2)cc1. The van der Waals surface area contributed by atoms with Gasteiger partial charge in [-0.05, 0) is 30.7 Å². The van der Waals surface area contributed by atoms with E-state index in [1.54, 1.807) is 0 Å². The molecule has 5 rings (SSSR count). The summed E-state index contributed by atoms with van der Waals surface area (Å²) in [5.74, 6) is 1.82. The molecule has 1 aliphatic heterocycles. The lowest BCUT2D eigenvalue weighted by atomic mass is 10.1. The van der Waals surface area contributed by atoms with E-state index in [1.807, 2.05) is 72.3 Å². The van der Waals surface area contributed by atoms with Gasteiger partial charge >= 0.3 is 0 Å². The second kappa shape index (κ2) is 7.52. The predicted molar refractivity (Wildman–Crippen MR) is 106 cm³/mol. The minimum absolute atomic E-state index is 0.0616. The number of benzene rings is 2. The van der Waals surface area contributed by atoms with Gasteiger partial charge in [-0.3, -0.25) is 4.68 Å². The molecular formula is C22H20N4O3. The lowest BCUT2D eigenvalue weighted by molar-refractivity contribution is -0.00115. The Hall–Kier alpha value is -3.45. The van der Waals surface area contributed by atoms with E-state index in [1.165, 1.54) is 0 Å². The molecule has 0 N–H and O–H groups in total. The van der Waals surface area contributed by atoms with Crippen LogP contribution in [0.25, 0.3) is 23.0 Å². The third-order valence-electron chi connectivity index (χ3n) is 4.87. The van der Waals surface area contributed by atoms with E-state index in [2.05, 4.69) is 15.2 Å². The molecule has 0 aliphatic carbocycles. The first-order chi connectivity index (χ1) is 14.3. The average molecular weight is 388 g/mol. The number of aromatic nitrogens is 4. The molecule has 0 amide bonds. The molecule has 2 aromatic carbocycles. The van der Waals surface area contributed by atoms with Gasteiger partial charge in [-0.2, -0.15) is 10.1 Å². The van der Waals surface area contributed by atoms with Gasteiger partial charge in [0.15, 0.2) is 5.69 Å². The van der Waals surface area contributed by atoms with Crippen molar-refractivity contribution in [1.82, 2.24) is 19.9 Å². The van der Waals surface area contributed by atoms with Crippen molar-refractivity contribution in [3.8, 4) is 28.7 Å². The third-order valence-corrected chi connectivity index (χ3v) is 4.87. The van der Waals surface area contributed by atoms with Crippen molar-refractivity contribution < 1.29 is 14.0 Å². The fourth-order valence-corrected chi connectivity index (χ4v) is 3.41. The van der Waals surface area contributed by atoms with Crippen LogP contribution in [0.3, 0.4) is 0 Å². The Bertz CT molecular complexity index is 1100. The zero-order valence-electron chi connectivity index (χ0n) is 16.0. The standard InChI is InChI=1S/C22H20N4O3/c1-2-27-18-10-8-15(9-11-18)20-13-26-17(14-28-20)12-19(24-26)22-23-21(25-29-22)16-6-4-3-5-7-16/h3-12,20H,2,13-14H2,1H3/t20-/m0/s1. The van der Waals surface area contributed by atoms with Crippen LogP contribution in [0.15, 0.2) is 65.2 Å². The maximum atomic E-state index is 6.05. The van der Waals surface area contributed by atoms with E-state index < -0.39 is 0 Å². The molecule has 1 atom stereocenters. The van der Waals surface area contributed by atoms with Crippen LogP contribution in [0.1, 0.15) is 24.3 Å². The van der Waals surface area contributed by atoms with Crippen LogP contribution in [0, 0.1) is 0 Å². The molecule has 2 aromatic heterocycles. The zero-order valence-corrected chi connectivity index (χ0v) is 16.0. The molecule has 7 nitrogen and oxygen atoms in total. The molecule has 1 aliphatic rings. The summed E-state index contributed by atoms with van der Waals surface area (Å²) in [7, 11) is 0. The summed E-state index contributed by atoms with van der Waals surface area (Å²) in [6.07, 6.45) is -0.0616. The quantitative estimate of drug-likeness (QED) is 0.508. The second-order valence-corrected chi connectivity index (χ2v) is 6.79. The van der Waals surface area contributed by atoms with Crippen molar-refractivity contribution in [3.63, 3.8) is 0 Å². The highest BCUT2D eigenvalue weighted by Crippen LogP contribution is 2.30. The van der Waals surface area contributed by atoms with Gasteiger partial charge < -0.3 is 14.0 Å². The smallest absolute Gasteiger partial charge is 0.278 e. The summed E-state index contributed by atoms with van der Waals surface area (Å²) in [4.78, 5) is 4.49. The Morgan fingerprint density at radius 3 is 2.72 bits per heavy atom. The Kier molecular flexibility index (Phi) is 4.57. The highest BCUT2D eigenvalue weighted by molar-refractivity contribution is 5.57. The minimum Gasteiger partial charge on any atom is -0.494 e. The van der Waals surface area contributed by atoms with Gasteiger partial charge in [0.25, 0.3) is 5.89 Å². The molecule has 0 saturated heterocycles. The highest BCUT2D eigenvalue weighted by atomic mass is 16.5. The number of hydrogen-bond acceptors (Lipinski definition) is 6. The fourth-order valence-electron chi connectivity index (χ4n) is 3.41. The number of hydrogen-bond donors (Lipinski definition) is 0. The maximum absolute atomic E-state index is 6.05. The molecule has 0 bridgehead atoms. The Balaban J connectivity index is 1.35. The molecule has 3 heterocycles. The molecule has 146 valence electrons. The van der Waals surface area contributed by atoms with Crippen molar-refractivity contribution >= 4 is 0 Å². The summed E-state index contributed by atoms with van der Waals surface area (Å²) in [6, 6.07) is 19.7. The first-order valence-corrected chi connectivity index (χ1v) is 9.61. The first-order valence-electron chi connectivity index (χ1n) is 9.61. The van der Waals surface area contributed by atoms with E-state index >= 15 is 0 Å². The fraction of sp³-hybridized carbons (Fsp3) is 0.227. The van der Waals surface area contributed by atoms with E-state index in [0.29, 0.717) is 37.2 Å². The van der Waals surface area contributed by atoms with Crippen LogP contribution < -0.4 is 4.74 Å². The molecular weight excluding hydrogens is 368 g/mol. The van der Waals surface area contributed by atoms with Crippen LogP contribution in [0.5, 0.6) is 5.75 Å². The van der Waals surface area contributed by atoms with Crippen LogP contribution >= 0.6 is 0 Å². The molecule has 0 saturated carbocycles. The summed E-state index contributed by atoms with van der Waals surface area (Å²) in [6.45, 7) is 3.73. The highest BCUT2D eigenvalue weighted by Gasteiger charge is 2.24. The lowest BCUT2D eigenvalue weighted by Crippen LogP contribution is -2.21. The monoisotopic (exact) mass is 388 g/mol. The number of ether oxygens (including phenoxy) is 2. The minimum atomic E-state index is -0.0616. The van der Waals surface area contributed by atoms with E-state index in [-0.39, 0.29) is 6.10 Å². The average Bonchev–Trinajstić information content (AvgIpc) is 3.42. The van der Waals surface area contributed by atoms with Gasteiger partial charge in [0.05, 0.1) is 25.5 Å². The summed E-state index contributed by atoms with van der Waals surface area (Å²) < 4.78 is 18.9. The van der Waals surface area contributed by atoms with Crippen molar-refractivity contribution in [3.05, 3.63) is 71.9 Å². The van der Waals surface area contributed by atoms with Crippen molar-refractivity contribution in [2.24, 2.45) is 0 Å². The molecule has 29 heavy (non-hydrogen) atoms. The topological polar surface area (TPSA) is 75.2 Å². The van der Waals surface area contributed by atoms with Crippen molar-refractivity contribution in [2.75, 3.05) is 6.61 Å². The molecule has 4 aromatic rings. The van der Waals surface area contributed by atoms with E-state index in [0.717, 1.165) is 22.6 Å². The van der Waals surface area contributed by atoms with Crippen LogP contribution in [0.4, 0.5) is 0 Å². The van der Waals surface area contributed by atoms with Gasteiger partial charge in [-0.25, -0.2) is 0 Å². The molecule has 0 fully saturated rings. The number of rotatable bonds is 5. The predicted octanol–water partition coefficient (Wildman–Crippen LogP) is 4.27. The molecule has 7 heteroatoms. The molecule has 0 radical (unpaired) electrons. The summed E-state index contributed by atoms with van der Waals surface area (Å²) in [5, 5.41) is 8.74. The van der Waals surface area contributed by atoms with Crippen molar-refractivity contribution in [1.29, 1.82) is 0 Å². The van der Waals surface area contributed by atoms with Gasteiger partial charge in [0, 0.05) is 5.56 Å². The van der Waals surface area contributed by atoms with Crippen LogP contribution in [0.2, 0.25) is 0 Å². The van der Waals surface area contributed by atoms with Crippen LogP contribution in [-0.2, 0) is 17.9 Å². The second-order valence-electron chi connectivity index (χ2n) is 6.79. The molecule has 0 unspecified atom stereocenters. The Labute approximate surface area is 167 Å². The van der Waals surface area contributed by atoms with Gasteiger partial charge in [-0.1, -0.05) is 47.6 Å². The van der Waals surface area contributed by atoms with Crippen molar-refractivity contribution in [2.45, 2.75) is 26.2 Å². The Morgan fingerprint density at radius 1 is 1.10 bits per heavy atom.